The Balaban J connectivity index is 1.43. The molecular formula is C22H32N8O2. The molecule has 3 aromatic rings. The summed E-state index contributed by atoms with van der Waals surface area (Å²) < 4.78 is 11.2. The summed E-state index contributed by atoms with van der Waals surface area (Å²) in [5.74, 6) is 3.31. The molecule has 0 spiro atoms. The van der Waals surface area contributed by atoms with Crippen molar-refractivity contribution in [1.82, 2.24) is 30.2 Å². The lowest BCUT2D eigenvalue weighted by Gasteiger charge is -2.19. The van der Waals surface area contributed by atoms with Gasteiger partial charge in [-0.2, -0.15) is 15.1 Å². The Morgan fingerprint density at radius 3 is 2.69 bits per heavy atom. The largest absolute Gasteiger partial charge is 0.476 e. The van der Waals surface area contributed by atoms with Crippen LogP contribution in [-0.4, -0.2) is 56.5 Å². The predicted octanol–water partition coefficient (Wildman–Crippen LogP) is 3.92. The van der Waals surface area contributed by atoms with E-state index >= 15 is 0 Å². The molecule has 1 fully saturated rings. The molecule has 0 unspecified atom stereocenters. The van der Waals surface area contributed by atoms with Crippen LogP contribution in [-0.2, 0) is 6.54 Å². The van der Waals surface area contributed by atoms with Crippen molar-refractivity contribution >= 4 is 17.6 Å². The molecule has 4 heterocycles. The van der Waals surface area contributed by atoms with Crippen molar-refractivity contribution in [1.29, 1.82) is 0 Å². The summed E-state index contributed by atoms with van der Waals surface area (Å²) in [5, 5.41) is 17.5. The van der Waals surface area contributed by atoms with Crippen LogP contribution < -0.4 is 15.4 Å². The van der Waals surface area contributed by atoms with Crippen LogP contribution in [0.15, 0.2) is 28.9 Å². The monoisotopic (exact) mass is 440 g/mol. The van der Waals surface area contributed by atoms with E-state index in [0.29, 0.717) is 48.3 Å². The molecule has 0 radical (unpaired) electrons. The van der Waals surface area contributed by atoms with Gasteiger partial charge in [-0.1, -0.05) is 31.8 Å². The average molecular weight is 441 g/mol. The van der Waals surface area contributed by atoms with Crippen molar-refractivity contribution in [3.8, 4) is 5.88 Å². The van der Waals surface area contributed by atoms with Gasteiger partial charge < -0.3 is 19.9 Å². The zero-order valence-electron chi connectivity index (χ0n) is 18.8. The van der Waals surface area contributed by atoms with Gasteiger partial charge in [0, 0.05) is 30.4 Å². The van der Waals surface area contributed by atoms with E-state index in [9.17, 15) is 0 Å². The molecule has 0 bridgehead atoms. The Morgan fingerprint density at radius 2 is 1.97 bits per heavy atom. The lowest BCUT2D eigenvalue weighted by molar-refractivity contribution is 0.210. The predicted molar refractivity (Wildman–Crippen MR) is 122 cm³/mol. The Hall–Kier alpha value is -3.14. The summed E-state index contributed by atoms with van der Waals surface area (Å²) in [7, 11) is 0. The van der Waals surface area contributed by atoms with Gasteiger partial charge in [0.15, 0.2) is 11.6 Å². The van der Waals surface area contributed by atoms with Crippen molar-refractivity contribution < 1.29 is 9.26 Å². The fraction of sp³-hybridized carbons (Fsp3) is 0.545. The van der Waals surface area contributed by atoms with E-state index < -0.39 is 0 Å². The number of nitrogens with one attached hydrogen (secondary N) is 3. The molecule has 32 heavy (non-hydrogen) atoms. The summed E-state index contributed by atoms with van der Waals surface area (Å²) in [4.78, 5) is 11.5. The van der Waals surface area contributed by atoms with Crippen molar-refractivity contribution in [2.75, 3.05) is 36.9 Å². The normalized spacial score (nSPS) is 15.0. The van der Waals surface area contributed by atoms with E-state index in [1.54, 1.807) is 18.3 Å². The third kappa shape index (κ3) is 6.43. The summed E-state index contributed by atoms with van der Waals surface area (Å²) in [5.41, 5.74) is 1.05. The Morgan fingerprint density at radius 1 is 1.12 bits per heavy atom. The van der Waals surface area contributed by atoms with Gasteiger partial charge in [0.05, 0.1) is 12.7 Å². The number of aromatic amines is 1. The van der Waals surface area contributed by atoms with Gasteiger partial charge in [0.2, 0.25) is 11.8 Å². The first-order chi connectivity index (χ1) is 15.7. The van der Waals surface area contributed by atoms with Crippen LogP contribution in [0.25, 0.3) is 0 Å². The summed E-state index contributed by atoms with van der Waals surface area (Å²) in [6.07, 6.45) is 6.78. The molecule has 3 aromatic heterocycles. The van der Waals surface area contributed by atoms with Crippen molar-refractivity contribution in [2.45, 2.75) is 52.0 Å². The zero-order chi connectivity index (χ0) is 22.2. The SMILES string of the molecule is CC(C)c1cc(Nc2cc(OCCN3CCCCCC3)nc(NCc3ccno3)n2)n[nH]1. The van der Waals surface area contributed by atoms with Crippen LogP contribution >= 0.6 is 0 Å². The number of hydrogen-bond acceptors (Lipinski definition) is 9. The maximum atomic E-state index is 6.01. The lowest BCUT2D eigenvalue weighted by Crippen LogP contribution is -2.29. The lowest BCUT2D eigenvalue weighted by atomic mass is 10.1. The quantitative estimate of drug-likeness (QED) is 0.431. The van der Waals surface area contributed by atoms with Crippen LogP contribution in [0.3, 0.4) is 0 Å². The molecule has 172 valence electrons. The number of ether oxygens (including phenoxy) is 1. The first-order valence-electron chi connectivity index (χ1n) is 11.4. The van der Waals surface area contributed by atoms with E-state index in [1.165, 1.54) is 25.7 Å². The molecule has 1 aliphatic heterocycles. The van der Waals surface area contributed by atoms with Crippen LogP contribution in [0.1, 0.15) is 56.9 Å². The smallest absolute Gasteiger partial charge is 0.228 e. The number of anilines is 3. The minimum Gasteiger partial charge on any atom is -0.476 e. The molecule has 0 aromatic carbocycles. The molecule has 0 aliphatic carbocycles. The standard InChI is InChI=1S/C22H32N8O2/c1-16(2)18-13-20(29-28-18)25-19-14-21(31-12-11-30-9-5-3-4-6-10-30)27-22(26-19)23-15-17-7-8-24-32-17/h7-8,13-14,16H,3-6,9-12,15H2,1-2H3,(H3,23,25,26,27,28,29). The van der Waals surface area contributed by atoms with Gasteiger partial charge in [-0.05, 0) is 31.8 Å². The van der Waals surface area contributed by atoms with E-state index in [4.69, 9.17) is 9.26 Å². The molecule has 0 saturated carbocycles. The van der Waals surface area contributed by atoms with Crippen molar-refractivity contribution in [3.63, 3.8) is 0 Å². The second-order valence-electron chi connectivity index (χ2n) is 8.34. The van der Waals surface area contributed by atoms with Crippen LogP contribution in [0, 0.1) is 0 Å². The number of aromatic nitrogens is 5. The van der Waals surface area contributed by atoms with Crippen LogP contribution in [0.4, 0.5) is 17.6 Å². The Labute approximate surface area is 188 Å². The molecule has 3 N–H and O–H groups in total. The first kappa shape index (κ1) is 22.1. The fourth-order valence-corrected chi connectivity index (χ4v) is 3.61. The average Bonchev–Trinajstić information content (AvgIpc) is 3.40. The zero-order valence-corrected chi connectivity index (χ0v) is 18.8. The highest BCUT2D eigenvalue weighted by Crippen LogP contribution is 2.22. The Kier molecular flexibility index (Phi) is 7.55. The molecule has 10 heteroatoms. The molecule has 4 rings (SSSR count). The maximum Gasteiger partial charge on any atom is 0.228 e. The van der Waals surface area contributed by atoms with E-state index in [1.807, 2.05) is 6.07 Å². The van der Waals surface area contributed by atoms with Crippen LogP contribution in [0.5, 0.6) is 5.88 Å². The third-order valence-electron chi connectivity index (χ3n) is 5.45. The van der Waals surface area contributed by atoms with Gasteiger partial charge in [-0.15, -0.1) is 0 Å². The second-order valence-corrected chi connectivity index (χ2v) is 8.34. The molecular weight excluding hydrogens is 408 g/mol. The topological polar surface area (TPSA) is 117 Å². The van der Waals surface area contributed by atoms with Gasteiger partial charge in [-0.3, -0.25) is 10.00 Å². The number of rotatable bonds is 10. The van der Waals surface area contributed by atoms with E-state index in [-0.39, 0.29) is 0 Å². The second kappa shape index (κ2) is 10.9. The first-order valence-corrected chi connectivity index (χ1v) is 11.4. The summed E-state index contributed by atoms with van der Waals surface area (Å²) in [6.45, 7) is 8.41. The molecule has 1 saturated heterocycles. The highest BCUT2D eigenvalue weighted by Gasteiger charge is 2.12. The number of likely N-dealkylation sites (tertiary alicyclic amines) is 1. The molecule has 0 amide bonds. The summed E-state index contributed by atoms with van der Waals surface area (Å²) in [6, 6.07) is 5.57. The van der Waals surface area contributed by atoms with Crippen LogP contribution in [0.2, 0.25) is 0 Å². The molecule has 0 atom stereocenters. The maximum absolute atomic E-state index is 6.01. The van der Waals surface area contributed by atoms with Crippen molar-refractivity contribution in [3.05, 3.63) is 35.9 Å². The van der Waals surface area contributed by atoms with Gasteiger partial charge >= 0.3 is 0 Å². The van der Waals surface area contributed by atoms with E-state index in [2.05, 4.69) is 54.7 Å². The molecule has 1 aliphatic rings. The third-order valence-corrected chi connectivity index (χ3v) is 5.45. The molecule has 10 nitrogen and oxygen atoms in total. The number of H-pyrrole nitrogens is 1. The van der Waals surface area contributed by atoms with Gasteiger partial charge in [0.25, 0.3) is 0 Å². The highest BCUT2D eigenvalue weighted by molar-refractivity contribution is 5.55. The van der Waals surface area contributed by atoms with Crippen molar-refractivity contribution in [2.24, 2.45) is 0 Å². The van der Waals surface area contributed by atoms with Gasteiger partial charge in [-0.25, -0.2) is 0 Å². The fourth-order valence-electron chi connectivity index (χ4n) is 3.61. The van der Waals surface area contributed by atoms with E-state index in [0.717, 1.165) is 25.3 Å². The Bertz CT molecular complexity index is 949. The van der Waals surface area contributed by atoms with Gasteiger partial charge in [0.1, 0.15) is 12.4 Å². The highest BCUT2D eigenvalue weighted by atomic mass is 16.5. The number of nitrogens with zero attached hydrogens (tertiary/aromatic N) is 5. The number of hydrogen-bond donors (Lipinski definition) is 3. The summed E-state index contributed by atoms with van der Waals surface area (Å²) >= 11 is 0. The minimum absolute atomic E-state index is 0.362. The minimum atomic E-state index is 0.362.